The van der Waals surface area contributed by atoms with Crippen LogP contribution in [0.15, 0.2) is 77.7 Å². The summed E-state index contributed by atoms with van der Waals surface area (Å²) in [5, 5.41) is 14.4. The van der Waals surface area contributed by atoms with Gasteiger partial charge in [0.25, 0.3) is 5.91 Å². The normalized spacial score (nSPS) is 19.3. The number of nitrogens with one attached hydrogen (secondary N) is 2. The van der Waals surface area contributed by atoms with Crippen molar-refractivity contribution in [1.29, 1.82) is 0 Å². The highest BCUT2D eigenvalue weighted by Crippen LogP contribution is 2.43. The molecule has 4 atom stereocenters. The van der Waals surface area contributed by atoms with E-state index in [0.29, 0.717) is 17.0 Å². The number of thioether (sulfide) groups is 1. The molecule has 1 saturated heterocycles. The van der Waals surface area contributed by atoms with Gasteiger partial charge in [-0.2, -0.15) is 0 Å². The Kier molecular flexibility index (Phi) is 10.6. The fraction of sp³-hybridized carbons (Fsp3) is 0.235. The van der Waals surface area contributed by atoms with Crippen LogP contribution in [0.2, 0.25) is 0 Å². The summed E-state index contributed by atoms with van der Waals surface area (Å²) in [6, 6.07) is 20.5. The zero-order chi connectivity index (χ0) is 33.8. The largest absolute Gasteiger partial charge is 0.392 e. The van der Waals surface area contributed by atoms with E-state index < -0.39 is 53.0 Å². The first-order valence-electron chi connectivity index (χ1n) is 14.4. The number of amides is 2. The van der Waals surface area contributed by atoms with Gasteiger partial charge in [-0.3, -0.25) is 9.59 Å². The van der Waals surface area contributed by atoms with Gasteiger partial charge in [0.2, 0.25) is 11.7 Å². The average Bonchev–Trinajstić information content (AvgIpc) is 3.06. The molecule has 0 radical (unpaired) electrons. The molecule has 7 nitrogen and oxygen atoms in total. The number of aliphatic hydroxyl groups is 1. The van der Waals surface area contributed by atoms with E-state index in [0.717, 1.165) is 16.0 Å². The number of anilines is 2. The molecule has 4 aromatic carbocycles. The summed E-state index contributed by atoms with van der Waals surface area (Å²) in [7, 11) is 0. The van der Waals surface area contributed by atoms with E-state index >= 15 is 0 Å². The monoisotopic (exact) mass is 672 g/mol. The Balaban J connectivity index is 1.39. The minimum atomic E-state index is -2.37. The molecule has 47 heavy (non-hydrogen) atoms. The minimum absolute atomic E-state index is 0.00343. The Morgan fingerprint density at radius 3 is 2.04 bits per heavy atom. The van der Waals surface area contributed by atoms with Gasteiger partial charge in [-0.15, -0.1) is 11.8 Å². The first-order valence-corrected chi connectivity index (χ1v) is 15.4. The second kappa shape index (κ2) is 14.6. The SMILES string of the molecule is CC(=O)Nc1ccc(SC[C@@H]2O[C@H](c3cccc(NC(=O)c4c(F)c(F)c(F)c(F)c4F)c3)O[C@H](c3ccc(CO)cc3)[C@@H]2C)cc1. The second-order valence-electron chi connectivity index (χ2n) is 10.9. The first-order chi connectivity index (χ1) is 22.5. The molecule has 5 rings (SSSR count). The summed E-state index contributed by atoms with van der Waals surface area (Å²) in [6.45, 7) is 3.27. The zero-order valence-electron chi connectivity index (χ0n) is 25.0. The summed E-state index contributed by atoms with van der Waals surface area (Å²) in [5.74, 6) is -12.7. The molecular weight excluding hydrogens is 643 g/mol. The molecule has 0 spiro atoms. The van der Waals surface area contributed by atoms with Gasteiger partial charge in [-0.25, -0.2) is 22.0 Å². The van der Waals surface area contributed by atoms with Gasteiger partial charge in [0.05, 0.1) is 18.8 Å². The van der Waals surface area contributed by atoms with Crippen LogP contribution < -0.4 is 10.6 Å². The van der Waals surface area contributed by atoms with Crippen molar-refractivity contribution >= 4 is 35.0 Å². The van der Waals surface area contributed by atoms with E-state index in [2.05, 4.69) is 10.6 Å². The third-order valence-corrected chi connectivity index (χ3v) is 8.67. The predicted molar refractivity (Wildman–Crippen MR) is 165 cm³/mol. The van der Waals surface area contributed by atoms with E-state index in [1.807, 2.05) is 31.2 Å². The van der Waals surface area contributed by atoms with Crippen molar-refractivity contribution in [2.75, 3.05) is 16.4 Å². The molecule has 4 aromatic rings. The molecule has 13 heteroatoms. The first kappa shape index (κ1) is 34.0. The number of aliphatic hydroxyl groups excluding tert-OH is 1. The van der Waals surface area contributed by atoms with Crippen LogP contribution in [0.4, 0.5) is 33.3 Å². The molecule has 3 N–H and O–H groups in total. The Hall–Kier alpha value is -4.30. The highest BCUT2D eigenvalue weighted by Gasteiger charge is 2.38. The molecule has 0 bridgehead atoms. The fourth-order valence-electron chi connectivity index (χ4n) is 5.09. The van der Waals surface area contributed by atoms with Crippen LogP contribution >= 0.6 is 11.8 Å². The average molecular weight is 673 g/mol. The highest BCUT2D eigenvalue weighted by molar-refractivity contribution is 7.99. The molecule has 1 aliphatic rings. The Morgan fingerprint density at radius 1 is 0.787 bits per heavy atom. The summed E-state index contributed by atoms with van der Waals surface area (Å²) in [5.41, 5.74) is 1.01. The number of rotatable bonds is 9. The molecule has 1 aliphatic heterocycles. The maximum atomic E-state index is 14.3. The van der Waals surface area contributed by atoms with E-state index in [9.17, 15) is 36.6 Å². The Labute approximate surface area is 271 Å². The number of carbonyl (C=O) groups excluding carboxylic acids is 2. The van der Waals surface area contributed by atoms with Crippen molar-refractivity contribution < 1.29 is 46.1 Å². The lowest BCUT2D eigenvalue weighted by atomic mass is 9.91. The van der Waals surface area contributed by atoms with Crippen LogP contribution in [-0.2, 0) is 20.9 Å². The molecule has 1 fully saturated rings. The highest BCUT2D eigenvalue weighted by atomic mass is 32.2. The quantitative estimate of drug-likeness (QED) is 0.0731. The number of ether oxygens (including phenoxy) is 2. The minimum Gasteiger partial charge on any atom is -0.392 e. The van der Waals surface area contributed by atoms with Gasteiger partial charge in [-0.1, -0.05) is 43.3 Å². The third kappa shape index (κ3) is 7.65. The van der Waals surface area contributed by atoms with Crippen LogP contribution in [0, 0.1) is 35.0 Å². The maximum Gasteiger partial charge on any atom is 0.261 e. The third-order valence-electron chi connectivity index (χ3n) is 7.57. The van der Waals surface area contributed by atoms with Crippen molar-refractivity contribution in [1.82, 2.24) is 0 Å². The topological polar surface area (TPSA) is 96.9 Å². The number of hydrogen-bond donors (Lipinski definition) is 3. The summed E-state index contributed by atoms with van der Waals surface area (Å²) >= 11 is 1.53. The van der Waals surface area contributed by atoms with Crippen molar-refractivity contribution in [3.8, 4) is 0 Å². The van der Waals surface area contributed by atoms with Crippen LogP contribution in [0.25, 0.3) is 0 Å². The van der Waals surface area contributed by atoms with Gasteiger partial charge < -0.3 is 25.2 Å². The lowest BCUT2D eigenvalue weighted by Crippen LogP contribution is -2.38. The fourth-order valence-corrected chi connectivity index (χ4v) is 6.15. The number of hydrogen-bond acceptors (Lipinski definition) is 6. The molecule has 0 unspecified atom stereocenters. The molecule has 0 aromatic heterocycles. The second-order valence-corrected chi connectivity index (χ2v) is 12.0. The zero-order valence-corrected chi connectivity index (χ0v) is 25.8. The summed E-state index contributed by atoms with van der Waals surface area (Å²) in [6.07, 6.45) is -1.82. The molecule has 2 amide bonds. The predicted octanol–water partition coefficient (Wildman–Crippen LogP) is 7.67. The van der Waals surface area contributed by atoms with E-state index in [1.165, 1.54) is 36.9 Å². The van der Waals surface area contributed by atoms with Crippen molar-refractivity contribution in [3.63, 3.8) is 0 Å². The summed E-state index contributed by atoms with van der Waals surface area (Å²) < 4.78 is 82.3. The molecule has 1 heterocycles. The van der Waals surface area contributed by atoms with Gasteiger partial charge in [0.1, 0.15) is 5.56 Å². The van der Waals surface area contributed by atoms with Crippen molar-refractivity contribution in [2.45, 2.75) is 43.8 Å². The van der Waals surface area contributed by atoms with Crippen LogP contribution in [0.5, 0.6) is 0 Å². The van der Waals surface area contributed by atoms with E-state index in [1.54, 1.807) is 30.3 Å². The van der Waals surface area contributed by atoms with Crippen molar-refractivity contribution in [2.24, 2.45) is 5.92 Å². The van der Waals surface area contributed by atoms with Gasteiger partial charge in [0.15, 0.2) is 29.6 Å². The molecule has 0 saturated carbocycles. The standard InChI is InChI=1S/C34H29F5N2O5S/c1-17-25(16-47-24-12-10-22(11-13-24)40-18(2)43)45-34(46-32(17)20-8-6-19(15-42)7-9-20)21-4-3-5-23(14-21)41-33(44)26-27(35)29(37)31(39)30(38)28(26)36/h3-14,17,25,32,34,42H,15-16H2,1-2H3,(H,40,43)(H,41,44)/t17-,25+,32+,34+/m1/s1. The summed E-state index contributed by atoms with van der Waals surface area (Å²) in [4.78, 5) is 25.0. The van der Waals surface area contributed by atoms with Gasteiger partial charge in [-0.05, 0) is 47.5 Å². The van der Waals surface area contributed by atoms with E-state index in [-0.39, 0.29) is 30.2 Å². The number of halogens is 5. The Bertz CT molecular complexity index is 1750. The smallest absolute Gasteiger partial charge is 0.261 e. The van der Waals surface area contributed by atoms with Crippen LogP contribution in [0.3, 0.4) is 0 Å². The van der Waals surface area contributed by atoms with Crippen molar-refractivity contribution in [3.05, 3.63) is 124 Å². The van der Waals surface area contributed by atoms with Crippen LogP contribution in [-0.4, -0.2) is 28.8 Å². The van der Waals surface area contributed by atoms with Gasteiger partial charge >= 0.3 is 0 Å². The number of benzene rings is 4. The lowest BCUT2D eigenvalue weighted by molar-refractivity contribution is -0.268. The number of carbonyl (C=O) groups is 2. The Morgan fingerprint density at radius 2 is 1.43 bits per heavy atom. The maximum absolute atomic E-state index is 14.3. The molecule has 0 aliphatic carbocycles. The van der Waals surface area contributed by atoms with Crippen LogP contribution in [0.1, 0.15) is 53.3 Å². The lowest BCUT2D eigenvalue weighted by Gasteiger charge is -2.41. The molecule has 246 valence electrons. The molecular formula is C34H29F5N2O5S. The van der Waals surface area contributed by atoms with Gasteiger partial charge in [0, 0.05) is 40.4 Å². The van der Waals surface area contributed by atoms with E-state index in [4.69, 9.17) is 9.47 Å².